The molecule has 0 atom stereocenters. The molecule has 0 amide bonds. The second-order valence-electron chi connectivity index (χ2n) is 3.67. The van der Waals surface area contributed by atoms with Crippen molar-refractivity contribution in [2.24, 2.45) is 0 Å². The van der Waals surface area contributed by atoms with E-state index in [0.717, 1.165) is 29.3 Å². The number of nitrogen functional groups attached to an aromatic ring is 1. The molecule has 0 radical (unpaired) electrons. The average molecular weight is 273 g/mol. The fourth-order valence-electron chi connectivity index (χ4n) is 1.47. The average Bonchev–Trinajstić information content (AvgIpc) is 2.60. The number of hydrogen-bond acceptors (Lipinski definition) is 4. The van der Waals surface area contributed by atoms with Gasteiger partial charge in [0.1, 0.15) is 22.2 Å². The zero-order valence-electron chi connectivity index (χ0n) is 9.26. The molecule has 8 heteroatoms. The van der Waals surface area contributed by atoms with E-state index in [1.807, 2.05) is 0 Å². The monoisotopic (exact) mass is 273 g/mol. The number of rotatable bonds is 2. The third-order valence-electron chi connectivity index (χ3n) is 2.31. The molecular formula is C10H9F2N3O2S. The smallest absolute Gasteiger partial charge is 0.180 e. The van der Waals surface area contributed by atoms with Gasteiger partial charge in [-0.05, 0) is 12.1 Å². The van der Waals surface area contributed by atoms with Crippen molar-refractivity contribution >= 4 is 15.7 Å². The number of benzene rings is 1. The lowest BCUT2D eigenvalue weighted by Crippen LogP contribution is -2.07. The lowest BCUT2D eigenvalue weighted by Gasteiger charge is -2.05. The number of nitrogens with two attached hydrogens (primary N) is 1. The van der Waals surface area contributed by atoms with Crippen molar-refractivity contribution in [1.82, 2.24) is 9.78 Å². The molecule has 18 heavy (non-hydrogen) atoms. The first-order valence-electron chi connectivity index (χ1n) is 4.79. The summed E-state index contributed by atoms with van der Waals surface area (Å²) < 4.78 is 49.9. The minimum Gasteiger partial charge on any atom is -0.382 e. The topological polar surface area (TPSA) is 78.0 Å². The fourth-order valence-corrected chi connectivity index (χ4v) is 2.18. The van der Waals surface area contributed by atoms with Crippen LogP contribution < -0.4 is 5.73 Å². The van der Waals surface area contributed by atoms with Crippen molar-refractivity contribution in [2.75, 3.05) is 12.0 Å². The van der Waals surface area contributed by atoms with Crippen LogP contribution in [0.3, 0.4) is 0 Å². The van der Waals surface area contributed by atoms with E-state index in [1.165, 1.54) is 0 Å². The number of aromatic nitrogens is 2. The Kier molecular flexibility index (Phi) is 2.81. The molecule has 0 bridgehead atoms. The second kappa shape index (κ2) is 4.05. The van der Waals surface area contributed by atoms with Crippen molar-refractivity contribution in [3.05, 3.63) is 36.0 Å². The van der Waals surface area contributed by atoms with Crippen LogP contribution in [0.5, 0.6) is 0 Å². The molecule has 0 saturated heterocycles. The molecule has 2 N–H and O–H groups in total. The van der Waals surface area contributed by atoms with Crippen LogP contribution in [0.25, 0.3) is 5.69 Å². The summed E-state index contributed by atoms with van der Waals surface area (Å²) in [5.41, 5.74) is 5.47. The van der Waals surface area contributed by atoms with E-state index in [1.54, 1.807) is 0 Å². The lowest BCUT2D eigenvalue weighted by molar-refractivity contribution is 0.574. The molecule has 0 aliphatic carbocycles. The predicted octanol–water partition coefficient (Wildman–Crippen LogP) is 1.14. The van der Waals surface area contributed by atoms with E-state index >= 15 is 0 Å². The summed E-state index contributed by atoms with van der Waals surface area (Å²) in [7, 11) is -3.55. The Morgan fingerprint density at radius 1 is 1.33 bits per heavy atom. The fraction of sp³-hybridized carbons (Fsp3) is 0.100. The first-order chi connectivity index (χ1) is 8.30. The third kappa shape index (κ3) is 2.06. The maximum atomic E-state index is 13.5. The van der Waals surface area contributed by atoms with E-state index in [-0.39, 0.29) is 16.4 Å². The minimum atomic E-state index is -3.55. The van der Waals surface area contributed by atoms with Gasteiger partial charge in [0.2, 0.25) is 0 Å². The van der Waals surface area contributed by atoms with Crippen LogP contribution in [-0.4, -0.2) is 24.5 Å². The Balaban J connectivity index is 2.63. The summed E-state index contributed by atoms with van der Waals surface area (Å²) in [6.45, 7) is 0. The maximum Gasteiger partial charge on any atom is 0.180 e. The summed E-state index contributed by atoms with van der Waals surface area (Å²) in [6, 6.07) is 2.82. The molecule has 1 heterocycles. The highest BCUT2D eigenvalue weighted by atomic mass is 32.2. The van der Waals surface area contributed by atoms with Crippen LogP contribution in [0, 0.1) is 11.6 Å². The summed E-state index contributed by atoms with van der Waals surface area (Å²) in [5, 5.41) is 3.69. The molecule has 0 aliphatic heterocycles. The summed E-state index contributed by atoms with van der Waals surface area (Å²) in [5.74, 6) is -1.85. The Bertz CT molecular complexity index is 710. The van der Waals surface area contributed by atoms with Crippen LogP contribution >= 0.6 is 0 Å². The van der Waals surface area contributed by atoms with E-state index in [9.17, 15) is 17.2 Å². The number of halogens is 2. The molecule has 0 saturated carbocycles. The van der Waals surface area contributed by atoms with Crippen molar-refractivity contribution in [3.8, 4) is 5.69 Å². The lowest BCUT2D eigenvalue weighted by atomic mass is 10.3. The van der Waals surface area contributed by atoms with Crippen molar-refractivity contribution in [1.29, 1.82) is 0 Å². The number of sulfone groups is 1. The van der Waals surface area contributed by atoms with E-state index in [0.29, 0.717) is 6.07 Å². The van der Waals surface area contributed by atoms with Crippen LogP contribution in [0.15, 0.2) is 29.3 Å². The van der Waals surface area contributed by atoms with Gasteiger partial charge in [-0.1, -0.05) is 0 Å². The van der Waals surface area contributed by atoms with Gasteiger partial charge in [-0.15, -0.1) is 0 Å². The Hall–Kier alpha value is -1.96. The third-order valence-corrected chi connectivity index (χ3v) is 3.42. The van der Waals surface area contributed by atoms with Crippen LogP contribution in [-0.2, 0) is 9.84 Å². The molecule has 1 aromatic carbocycles. The molecule has 0 unspecified atom stereocenters. The number of nitrogens with zero attached hydrogens (tertiary/aromatic N) is 2. The molecule has 2 rings (SSSR count). The van der Waals surface area contributed by atoms with Gasteiger partial charge in [-0.25, -0.2) is 21.9 Å². The first kappa shape index (κ1) is 12.5. The van der Waals surface area contributed by atoms with Crippen molar-refractivity contribution in [3.63, 3.8) is 0 Å². The summed E-state index contributed by atoms with van der Waals surface area (Å²) in [6.07, 6.45) is 1.99. The minimum absolute atomic E-state index is 0.121. The Morgan fingerprint density at radius 3 is 2.50 bits per heavy atom. The molecule has 2 aromatic rings. The summed E-state index contributed by atoms with van der Waals surface area (Å²) >= 11 is 0. The highest BCUT2D eigenvalue weighted by Crippen LogP contribution is 2.23. The summed E-state index contributed by atoms with van der Waals surface area (Å²) in [4.78, 5) is -0.203. The number of hydrogen-bond donors (Lipinski definition) is 1. The molecule has 0 aliphatic rings. The molecule has 0 fully saturated rings. The standard InChI is InChI=1S/C10H9F2N3O2S/c1-18(16,17)9-5-14-15(10(9)13)8-3-2-6(11)4-7(8)12/h2-5H,13H2,1H3. The van der Waals surface area contributed by atoms with Gasteiger partial charge in [0.05, 0.1) is 6.20 Å². The molecule has 5 nitrogen and oxygen atoms in total. The zero-order chi connectivity index (χ0) is 13.5. The van der Waals surface area contributed by atoms with Crippen LogP contribution in [0.2, 0.25) is 0 Å². The largest absolute Gasteiger partial charge is 0.382 e. The number of anilines is 1. The van der Waals surface area contributed by atoms with E-state index in [4.69, 9.17) is 5.73 Å². The van der Waals surface area contributed by atoms with Gasteiger partial charge >= 0.3 is 0 Å². The molecule has 0 spiro atoms. The zero-order valence-corrected chi connectivity index (χ0v) is 10.1. The molecule has 1 aromatic heterocycles. The van der Waals surface area contributed by atoms with Crippen LogP contribution in [0.4, 0.5) is 14.6 Å². The molecule has 96 valence electrons. The van der Waals surface area contributed by atoms with Gasteiger partial charge < -0.3 is 5.73 Å². The van der Waals surface area contributed by atoms with Crippen molar-refractivity contribution in [2.45, 2.75) is 4.90 Å². The molecular weight excluding hydrogens is 264 g/mol. The van der Waals surface area contributed by atoms with Gasteiger partial charge in [0.25, 0.3) is 0 Å². The van der Waals surface area contributed by atoms with E-state index in [2.05, 4.69) is 5.10 Å². The van der Waals surface area contributed by atoms with Gasteiger partial charge in [-0.3, -0.25) is 0 Å². The van der Waals surface area contributed by atoms with E-state index < -0.39 is 21.5 Å². The SMILES string of the molecule is CS(=O)(=O)c1cnn(-c2ccc(F)cc2F)c1N. The highest BCUT2D eigenvalue weighted by molar-refractivity contribution is 7.90. The Labute approximate surface area is 102 Å². The normalized spacial score (nSPS) is 11.7. The highest BCUT2D eigenvalue weighted by Gasteiger charge is 2.19. The first-order valence-corrected chi connectivity index (χ1v) is 6.69. The maximum absolute atomic E-state index is 13.5. The predicted molar refractivity (Wildman–Crippen MR) is 61.0 cm³/mol. The van der Waals surface area contributed by atoms with Crippen molar-refractivity contribution < 1.29 is 17.2 Å². The van der Waals surface area contributed by atoms with Gasteiger partial charge in [-0.2, -0.15) is 5.10 Å². The van der Waals surface area contributed by atoms with Gasteiger partial charge in [0.15, 0.2) is 15.7 Å². The van der Waals surface area contributed by atoms with Gasteiger partial charge in [0, 0.05) is 12.3 Å². The Morgan fingerprint density at radius 2 is 2.00 bits per heavy atom. The second-order valence-corrected chi connectivity index (χ2v) is 5.66. The van der Waals surface area contributed by atoms with Crippen LogP contribution in [0.1, 0.15) is 0 Å². The quantitative estimate of drug-likeness (QED) is 0.890.